The van der Waals surface area contributed by atoms with Gasteiger partial charge in [0.15, 0.2) is 0 Å². The van der Waals surface area contributed by atoms with Crippen molar-refractivity contribution in [2.45, 2.75) is 39.3 Å². The molecule has 1 aromatic rings. The molecule has 1 fully saturated rings. The van der Waals surface area contributed by atoms with Crippen LogP contribution in [0.15, 0.2) is 0 Å². The van der Waals surface area contributed by atoms with E-state index in [1.807, 2.05) is 14.0 Å². The average molecular weight is 271 g/mol. The van der Waals surface area contributed by atoms with Crippen molar-refractivity contribution < 1.29 is 0 Å². The van der Waals surface area contributed by atoms with Gasteiger partial charge in [0.2, 0.25) is 0 Å². The van der Waals surface area contributed by atoms with Crippen LogP contribution in [0.2, 0.25) is 5.15 Å². The lowest BCUT2D eigenvalue weighted by molar-refractivity contribution is 0.154. The smallest absolute Gasteiger partial charge is 0.131 e. The molecule has 1 saturated heterocycles. The monoisotopic (exact) mass is 270 g/mol. The average Bonchev–Trinajstić information content (AvgIpc) is 2.56. The minimum absolute atomic E-state index is 0.276. The third-order valence-corrected chi connectivity index (χ3v) is 4.41. The first-order chi connectivity index (χ1) is 8.49. The molecule has 2 rings (SSSR count). The summed E-state index contributed by atoms with van der Waals surface area (Å²) in [4.78, 5) is 2.45. The number of likely N-dealkylation sites (tertiary alicyclic amines) is 1. The van der Waals surface area contributed by atoms with Gasteiger partial charge in [-0.25, -0.2) is 0 Å². The molecule has 18 heavy (non-hydrogen) atoms. The number of nitrogens with two attached hydrogens (primary N) is 1. The van der Waals surface area contributed by atoms with E-state index in [-0.39, 0.29) is 6.04 Å². The molecule has 2 atom stereocenters. The van der Waals surface area contributed by atoms with Crippen molar-refractivity contribution in [2.75, 3.05) is 13.1 Å². The number of piperidine rings is 1. The molecule has 2 unspecified atom stereocenters. The van der Waals surface area contributed by atoms with E-state index in [0.29, 0.717) is 5.92 Å². The van der Waals surface area contributed by atoms with Crippen molar-refractivity contribution in [1.82, 2.24) is 14.7 Å². The van der Waals surface area contributed by atoms with Crippen LogP contribution in [0.4, 0.5) is 0 Å². The van der Waals surface area contributed by atoms with Gasteiger partial charge in [0.25, 0.3) is 0 Å². The van der Waals surface area contributed by atoms with Crippen molar-refractivity contribution in [3.8, 4) is 0 Å². The van der Waals surface area contributed by atoms with E-state index in [0.717, 1.165) is 36.0 Å². The Morgan fingerprint density at radius 3 is 2.83 bits per heavy atom. The zero-order valence-corrected chi connectivity index (χ0v) is 12.2. The van der Waals surface area contributed by atoms with Gasteiger partial charge in [0.1, 0.15) is 5.15 Å². The van der Waals surface area contributed by atoms with Crippen LogP contribution in [0.25, 0.3) is 0 Å². The summed E-state index contributed by atoms with van der Waals surface area (Å²) in [6, 6.07) is 0.276. The van der Waals surface area contributed by atoms with Crippen LogP contribution >= 0.6 is 11.6 Å². The van der Waals surface area contributed by atoms with Crippen LogP contribution in [0, 0.1) is 12.8 Å². The Hall–Kier alpha value is -0.580. The van der Waals surface area contributed by atoms with Crippen LogP contribution in [0.5, 0.6) is 0 Å². The van der Waals surface area contributed by atoms with Crippen molar-refractivity contribution in [3.63, 3.8) is 0 Å². The van der Waals surface area contributed by atoms with E-state index in [2.05, 4.69) is 16.9 Å². The molecule has 1 aliphatic rings. The Labute approximate surface area is 114 Å². The summed E-state index contributed by atoms with van der Waals surface area (Å²) in [5, 5.41) is 5.12. The largest absolute Gasteiger partial charge is 0.328 e. The van der Waals surface area contributed by atoms with Gasteiger partial charge < -0.3 is 5.73 Å². The van der Waals surface area contributed by atoms with Gasteiger partial charge >= 0.3 is 0 Å². The van der Waals surface area contributed by atoms with Gasteiger partial charge in [0, 0.05) is 31.7 Å². The number of nitrogens with zero attached hydrogens (tertiary/aromatic N) is 3. The third kappa shape index (κ3) is 2.87. The standard InChI is InChI=1S/C13H23ClN4/c1-9(15)11-5-4-6-18(7-11)8-12-10(2)16-17(3)13(12)14/h9,11H,4-8,15H2,1-3H3. The number of hydrogen-bond donors (Lipinski definition) is 1. The first-order valence-electron chi connectivity index (χ1n) is 6.65. The molecule has 0 spiro atoms. The fraction of sp³-hybridized carbons (Fsp3) is 0.769. The first kappa shape index (κ1) is 13.8. The quantitative estimate of drug-likeness (QED) is 0.913. The van der Waals surface area contributed by atoms with Crippen molar-refractivity contribution in [3.05, 3.63) is 16.4 Å². The Morgan fingerprint density at radius 1 is 1.56 bits per heavy atom. The fourth-order valence-electron chi connectivity index (χ4n) is 2.74. The molecule has 102 valence electrons. The summed E-state index contributed by atoms with van der Waals surface area (Å²) in [6.07, 6.45) is 2.47. The maximum atomic E-state index is 6.28. The molecule has 0 aromatic carbocycles. The minimum Gasteiger partial charge on any atom is -0.328 e. The minimum atomic E-state index is 0.276. The van der Waals surface area contributed by atoms with Crippen molar-refractivity contribution >= 4 is 11.6 Å². The van der Waals surface area contributed by atoms with Gasteiger partial charge in [-0.05, 0) is 39.2 Å². The molecule has 5 heteroatoms. The molecular formula is C13H23ClN4. The number of aromatic nitrogens is 2. The highest BCUT2D eigenvalue weighted by Gasteiger charge is 2.24. The lowest BCUT2D eigenvalue weighted by Crippen LogP contribution is -2.42. The van der Waals surface area contributed by atoms with Crippen molar-refractivity contribution in [2.24, 2.45) is 18.7 Å². The number of aryl methyl sites for hydroxylation is 2. The van der Waals surface area contributed by atoms with E-state index in [1.165, 1.54) is 12.8 Å². The summed E-state index contributed by atoms with van der Waals surface area (Å²) >= 11 is 6.28. The highest BCUT2D eigenvalue weighted by molar-refractivity contribution is 6.30. The van der Waals surface area contributed by atoms with Crippen LogP contribution in [-0.2, 0) is 13.6 Å². The van der Waals surface area contributed by atoms with Crippen LogP contribution in [-0.4, -0.2) is 33.8 Å². The highest BCUT2D eigenvalue weighted by Crippen LogP contribution is 2.24. The van der Waals surface area contributed by atoms with Gasteiger partial charge in [-0.15, -0.1) is 0 Å². The zero-order chi connectivity index (χ0) is 13.3. The SMILES string of the molecule is Cc1nn(C)c(Cl)c1CN1CCCC(C(C)N)C1. The summed E-state index contributed by atoms with van der Waals surface area (Å²) in [5.74, 6) is 0.606. The molecule has 1 aliphatic heterocycles. The van der Waals surface area contributed by atoms with E-state index < -0.39 is 0 Å². The molecule has 0 amide bonds. The molecule has 2 N–H and O–H groups in total. The van der Waals surface area contributed by atoms with Gasteiger partial charge in [-0.2, -0.15) is 5.10 Å². The van der Waals surface area contributed by atoms with Gasteiger partial charge in [-0.3, -0.25) is 9.58 Å². The molecule has 4 nitrogen and oxygen atoms in total. The second-order valence-corrected chi connectivity index (χ2v) is 5.83. The maximum absolute atomic E-state index is 6.28. The Bertz CT molecular complexity index is 413. The number of rotatable bonds is 3. The van der Waals surface area contributed by atoms with Gasteiger partial charge in [-0.1, -0.05) is 11.6 Å². The first-order valence-corrected chi connectivity index (χ1v) is 7.02. The number of hydrogen-bond acceptors (Lipinski definition) is 3. The van der Waals surface area contributed by atoms with Crippen LogP contribution in [0.1, 0.15) is 31.0 Å². The lowest BCUT2D eigenvalue weighted by Gasteiger charge is -2.34. The van der Waals surface area contributed by atoms with E-state index in [1.54, 1.807) is 4.68 Å². The van der Waals surface area contributed by atoms with E-state index >= 15 is 0 Å². The highest BCUT2D eigenvalue weighted by atomic mass is 35.5. The third-order valence-electron chi connectivity index (χ3n) is 3.94. The zero-order valence-electron chi connectivity index (χ0n) is 11.5. The lowest BCUT2D eigenvalue weighted by atomic mass is 9.92. The maximum Gasteiger partial charge on any atom is 0.131 e. The summed E-state index contributed by atoms with van der Waals surface area (Å²) in [6.45, 7) is 7.22. The van der Waals surface area contributed by atoms with Gasteiger partial charge in [0.05, 0.1) is 5.69 Å². The Kier molecular flexibility index (Phi) is 4.30. The molecular weight excluding hydrogens is 248 g/mol. The molecule has 0 radical (unpaired) electrons. The molecule has 0 aliphatic carbocycles. The topological polar surface area (TPSA) is 47.1 Å². The van der Waals surface area contributed by atoms with Crippen LogP contribution < -0.4 is 5.73 Å². The Balaban J connectivity index is 2.05. The van der Waals surface area contributed by atoms with Crippen LogP contribution in [0.3, 0.4) is 0 Å². The summed E-state index contributed by atoms with van der Waals surface area (Å²) in [7, 11) is 1.89. The fourth-order valence-corrected chi connectivity index (χ4v) is 2.98. The van der Waals surface area contributed by atoms with E-state index in [4.69, 9.17) is 17.3 Å². The predicted octanol–water partition coefficient (Wildman–Crippen LogP) is 1.94. The second kappa shape index (κ2) is 5.59. The van der Waals surface area contributed by atoms with Crippen molar-refractivity contribution in [1.29, 1.82) is 0 Å². The molecule has 0 bridgehead atoms. The number of halogens is 1. The summed E-state index contributed by atoms with van der Waals surface area (Å²) in [5.41, 5.74) is 8.21. The summed E-state index contributed by atoms with van der Waals surface area (Å²) < 4.78 is 1.75. The second-order valence-electron chi connectivity index (χ2n) is 5.47. The van der Waals surface area contributed by atoms with E-state index in [9.17, 15) is 0 Å². The predicted molar refractivity (Wildman–Crippen MR) is 74.6 cm³/mol. The molecule has 0 saturated carbocycles. The normalized spacial score (nSPS) is 23.3. The molecule has 1 aromatic heterocycles. The molecule has 2 heterocycles. The Morgan fingerprint density at radius 2 is 2.28 bits per heavy atom.